The Balaban J connectivity index is 1.71. The van der Waals surface area contributed by atoms with Crippen molar-refractivity contribution < 1.29 is 4.39 Å². The number of likely N-dealkylation sites (N-methyl/N-ethyl adjacent to an activating group) is 1. The van der Waals surface area contributed by atoms with Crippen LogP contribution < -0.4 is 4.90 Å². The van der Waals surface area contributed by atoms with Crippen molar-refractivity contribution in [2.75, 3.05) is 18.5 Å². The molecule has 5 nitrogen and oxygen atoms in total. The third-order valence-corrected chi connectivity index (χ3v) is 5.42. The molecule has 4 aromatic rings. The van der Waals surface area contributed by atoms with Gasteiger partial charge in [0.15, 0.2) is 5.82 Å². The fourth-order valence-corrected chi connectivity index (χ4v) is 3.58. The molecule has 2 heterocycles. The summed E-state index contributed by atoms with van der Waals surface area (Å²) >= 11 is 11.8. The molecule has 0 aliphatic carbocycles. The number of aromatic nitrogens is 4. The van der Waals surface area contributed by atoms with Gasteiger partial charge in [-0.05, 0) is 72.9 Å². The molecule has 0 N–H and O–H groups in total. The summed E-state index contributed by atoms with van der Waals surface area (Å²) in [6.07, 6.45) is 3.53. The highest BCUT2D eigenvalue weighted by atomic mass is 35.5. The van der Waals surface area contributed by atoms with Crippen LogP contribution in [0, 0.1) is 10.6 Å². The van der Waals surface area contributed by atoms with Crippen LogP contribution in [0.1, 0.15) is 0 Å². The number of halogens is 2. The smallest absolute Gasteiger partial charge is 0.202 e. The van der Waals surface area contributed by atoms with Gasteiger partial charge >= 0.3 is 0 Å². The molecule has 0 aliphatic rings. The molecule has 0 saturated carbocycles. The maximum Gasteiger partial charge on any atom is 0.202 e. The van der Waals surface area contributed by atoms with Gasteiger partial charge in [-0.1, -0.05) is 11.6 Å². The predicted molar refractivity (Wildman–Crippen MR) is 120 cm³/mol. The number of nitrogens with zero attached hydrogens (tertiary/aromatic N) is 5. The molecule has 152 valence electrons. The molecule has 0 amide bonds. The Morgan fingerprint density at radius 2 is 1.67 bits per heavy atom. The highest BCUT2D eigenvalue weighted by molar-refractivity contribution is 7.71. The first-order chi connectivity index (χ1) is 14.5. The van der Waals surface area contributed by atoms with Crippen molar-refractivity contribution in [3.63, 3.8) is 0 Å². The number of hydrogen-bond acceptors (Lipinski definition) is 4. The zero-order valence-corrected chi connectivity index (χ0v) is 17.8. The molecule has 2 aromatic heterocycles. The van der Waals surface area contributed by atoms with Gasteiger partial charge in [-0.25, -0.2) is 9.07 Å². The van der Waals surface area contributed by atoms with E-state index in [4.69, 9.17) is 28.9 Å². The van der Waals surface area contributed by atoms with Crippen LogP contribution in [-0.4, -0.2) is 32.9 Å². The topological polar surface area (TPSA) is 38.9 Å². The molecule has 4 rings (SSSR count). The zero-order chi connectivity index (χ0) is 21.1. The molecule has 0 aliphatic heterocycles. The summed E-state index contributed by atoms with van der Waals surface area (Å²) < 4.78 is 17.7. The van der Waals surface area contributed by atoms with Gasteiger partial charge in [0.25, 0.3) is 0 Å². The van der Waals surface area contributed by atoms with Crippen LogP contribution >= 0.6 is 23.8 Å². The summed E-state index contributed by atoms with van der Waals surface area (Å²) in [6, 6.07) is 17.5. The number of anilines is 1. The van der Waals surface area contributed by atoms with Crippen molar-refractivity contribution in [2.24, 2.45) is 0 Å². The quantitative estimate of drug-likeness (QED) is 0.377. The normalized spacial score (nSPS) is 10.9. The van der Waals surface area contributed by atoms with Crippen LogP contribution in [0.5, 0.6) is 0 Å². The van der Waals surface area contributed by atoms with Gasteiger partial charge in [0.1, 0.15) is 5.82 Å². The van der Waals surface area contributed by atoms with Crippen molar-refractivity contribution in [3.8, 4) is 17.1 Å². The number of rotatable bonds is 6. The second-order valence-electron chi connectivity index (χ2n) is 6.78. The Labute approximate surface area is 184 Å². The molecule has 0 radical (unpaired) electrons. The van der Waals surface area contributed by atoms with E-state index in [9.17, 15) is 4.39 Å². The minimum absolute atomic E-state index is 0.297. The van der Waals surface area contributed by atoms with Crippen molar-refractivity contribution in [2.45, 2.75) is 6.54 Å². The summed E-state index contributed by atoms with van der Waals surface area (Å²) in [6.45, 7) is 1.30. The maximum atomic E-state index is 13.4. The van der Waals surface area contributed by atoms with E-state index in [-0.39, 0.29) is 5.82 Å². The lowest BCUT2D eigenvalue weighted by Gasteiger charge is -2.18. The summed E-state index contributed by atoms with van der Waals surface area (Å²) in [7, 11) is 2.01. The molecule has 8 heteroatoms. The summed E-state index contributed by atoms with van der Waals surface area (Å²) in [4.78, 5) is 6.17. The summed E-state index contributed by atoms with van der Waals surface area (Å²) in [5.74, 6) is 0.350. The second kappa shape index (κ2) is 8.77. The van der Waals surface area contributed by atoms with Gasteiger partial charge in [-0.2, -0.15) is 5.10 Å². The first-order valence-electron chi connectivity index (χ1n) is 9.36. The lowest BCUT2D eigenvalue weighted by molar-refractivity contribution is 0.601. The first kappa shape index (κ1) is 20.3. The molecule has 0 bridgehead atoms. The molecule has 0 unspecified atom stereocenters. The van der Waals surface area contributed by atoms with E-state index in [1.807, 2.05) is 48.0 Å². The minimum Gasteiger partial charge on any atom is -0.373 e. The Kier molecular flexibility index (Phi) is 5.92. The fourth-order valence-electron chi connectivity index (χ4n) is 3.13. The van der Waals surface area contributed by atoms with E-state index in [1.165, 1.54) is 12.1 Å². The average molecular weight is 440 g/mol. The second-order valence-corrected chi connectivity index (χ2v) is 7.58. The highest BCUT2D eigenvalue weighted by Crippen LogP contribution is 2.24. The largest absolute Gasteiger partial charge is 0.373 e. The summed E-state index contributed by atoms with van der Waals surface area (Å²) in [5.41, 5.74) is 2.68. The van der Waals surface area contributed by atoms with E-state index < -0.39 is 0 Å². The van der Waals surface area contributed by atoms with Crippen LogP contribution in [0.4, 0.5) is 10.1 Å². The van der Waals surface area contributed by atoms with Crippen molar-refractivity contribution in [3.05, 3.63) is 88.7 Å². The average Bonchev–Trinajstić information content (AvgIpc) is 3.10. The highest BCUT2D eigenvalue weighted by Gasteiger charge is 2.15. The third-order valence-electron chi connectivity index (χ3n) is 4.78. The van der Waals surface area contributed by atoms with E-state index in [0.717, 1.165) is 16.9 Å². The molecule has 0 spiro atoms. The van der Waals surface area contributed by atoms with Gasteiger partial charge in [-0.3, -0.25) is 9.55 Å². The van der Waals surface area contributed by atoms with Crippen LogP contribution in [0.15, 0.2) is 73.1 Å². The lowest BCUT2D eigenvalue weighted by atomic mass is 10.2. The van der Waals surface area contributed by atoms with Gasteiger partial charge < -0.3 is 4.90 Å². The van der Waals surface area contributed by atoms with Gasteiger partial charge in [0.05, 0.1) is 12.2 Å². The van der Waals surface area contributed by atoms with E-state index in [2.05, 4.69) is 9.88 Å². The molecule has 0 fully saturated rings. The van der Waals surface area contributed by atoms with Crippen molar-refractivity contribution >= 4 is 29.5 Å². The molecular weight excluding hydrogens is 421 g/mol. The molecule has 30 heavy (non-hydrogen) atoms. The van der Waals surface area contributed by atoms with E-state index in [0.29, 0.717) is 28.7 Å². The maximum absolute atomic E-state index is 13.4. The molecule has 0 atom stereocenters. The number of pyridine rings is 1. The fraction of sp³-hybridized carbons (Fsp3) is 0.136. The Morgan fingerprint density at radius 3 is 2.33 bits per heavy atom. The molecular formula is C22H19ClFN5S. The van der Waals surface area contributed by atoms with E-state index in [1.54, 1.807) is 29.2 Å². The van der Waals surface area contributed by atoms with Gasteiger partial charge in [-0.15, -0.1) is 0 Å². The number of benzene rings is 2. The van der Waals surface area contributed by atoms with Crippen LogP contribution in [-0.2, 0) is 6.54 Å². The van der Waals surface area contributed by atoms with Crippen LogP contribution in [0.25, 0.3) is 17.1 Å². The lowest BCUT2D eigenvalue weighted by Crippen LogP contribution is -2.23. The van der Waals surface area contributed by atoms with E-state index >= 15 is 0 Å². The van der Waals surface area contributed by atoms with Gasteiger partial charge in [0, 0.05) is 42.3 Å². The SMILES string of the molecule is CN(CCn1nc(-c2ccc(F)cc2)n(-c2ccc(Cl)cc2)c1=S)c1ccncc1. The summed E-state index contributed by atoms with van der Waals surface area (Å²) in [5, 5.41) is 5.39. The van der Waals surface area contributed by atoms with Crippen LogP contribution in [0.3, 0.4) is 0 Å². The predicted octanol–water partition coefficient (Wildman–Crippen LogP) is 5.39. The third kappa shape index (κ3) is 4.27. The Morgan fingerprint density at radius 1 is 1.00 bits per heavy atom. The Hall–Kier alpha value is -3.03. The monoisotopic (exact) mass is 439 g/mol. The van der Waals surface area contributed by atoms with Crippen molar-refractivity contribution in [1.29, 1.82) is 0 Å². The Bertz CT molecular complexity index is 1190. The molecule has 2 aromatic carbocycles. The molecule has 0 saturated heterocycles. The standard InChI is InChI=1S/C22H19ClFN5S/c1-27(19-10-12-25-13-11-19)14-15-28-22(30)29(20-8-4-17(23)5-9-20)21(26-28)16-2-6-18(24)7-3-16/h2-13H,14-15H2,1H3. The minimum atomic E-state index is -0.297. The first-order valence-corrected chi connectivity index (χ1v) is 10.1. The number of hydrogen-bond donors (Lipinski definition) is 0. The van der Waals surface area contributed by atoms with Crippen molar-refractivity contribution in [1.82, 2.24) is 19.3 Å². The van der Waals surface area contributed by atoms with Gasteiger partial charge in [0.2, 0.25) is 4.77 Å². The zero-order valence-electron chi connectivity index (χ0n) is 16.2. The van der Waals surface area contributed by atoms with Crippen LogP contribution in [0.2, 0.25) is 5.02 Å².